The second-order valence-corrected chi connectivity index (χ2v) is 6.33. The predicted molar refractivity (Wildman–Crippen MR) is 90.7 cm³/mol. The topological polar surface area (TPSA) is 63.4 Å². The van der Waals surface area contributed by atoms with E-state index in [1.54, 1.807) is 24.3 Å². The lowest BCUT2D eigenvalue weighted by Gasteiger charge is -2.38. The zero-order valence-electron chi connectivity index (χ0n) is 13.0. The van der Waals surface area contributed by atoms with Crippen LogP contribution in [0, 0.1) is 5.82 Å². The van der Waals surface area contributed by atoms with Crippen LogP contribution in [0.25, 0.3) is 0 Å². The smallest absolute Gasteiger partial charge is 0.261 e. The Labute approximate surface area is 144 Å². The number of hydrogen-bond acceptors (Lipinski definition) is 2. The van der Waals surface area contributed by atoms with Gasteiger partial charge in [0.15, 0.2) is 0 Å². The Morgan fingerprint density at radius 1 is 1.25 bits per heavy atom. The van der Waals surface area contributed by atoms with E-state index in [4.69, 9.17) is 17.3 Å². The van der Waals surface area contributed by atoms with E-state index in [1.165, 1.54) is 23.1 Å². The van der Waals surface area contributed by atoms with Crippen LogP contribution in [-0.2, 0) is 4.79 Å². The maximum absolute atomic E-state index is 14.1. The average molecular weight is 347 g/mol. The molecule has 1 aliphatic rings. The van der Waals surface area contributed by atoms with Crippen molar-refractivity contribution in [2.24, 2.45) is 5.73 Å². The van der Waals surface area contributed by atoms with Crippen molar-refractivity contribution in [3.8, 4) is 0 Å². The van der Waals surface area contributed by atoms with Gasteiger partial charge in [-0.3, -0.25) is 9.59 Å². The molecule has 0 unspecified atom stereocenters. The predicted octanol–water partition coefficient (Wildman–Crippen LogP) is 3.49. The van der Waals surface area contributed by atoms with Crippen LogP contribution in [0.5, 0.6) is 0 Å². The number of primary amides is 1. The molecule has 4 nitrogen and oxygen atoms in total. The number of halogens is 2. The summed E-state index contributed by atoms with van der Waals surface area (Å²) in [7, 11) is 0. The Kier molecular flexibility index (Phi) is 4.28. The van der Waals surface area contributed by atoms with Crippen molar-refractivity contribution in [2.45, 2.75) is 25.3 Å². The second kappa shape index (κ2) is 6.24. The summed E-state index contributed by atoms with van der Waals surface area (Å²) < 4.78 is 14.1. The lowest BCUT2D eigenvalue weighted by Crippen LogP contribution is -2.45. The second-order valence-electron chi connectivity index (χ2n) is 5.90. The van der Waals surface area contributed by atoms with Crippen LogP contribution in [0.3, 0.4) is 0 Å². The zero-order valence-corrected chi connectivity index (χ0v) is 13.8. The van der Waals surface area contributed by atoms with Crippen molar-refractivity contribution in [2.75, 3.05) is 4.90 Å². The Morgan fingerprint density at radius 2 is 1.96 bits per heavy atom. The Balaban J connectivity index is 2.10. The van der Waals surface area contributed by atoms with Crippen molar-refractivity contribution < 1.29 is 14.0 Å². The third-order valence-electron chi connectivity index (χ3n) is 4.31. The first-order valence-corrected chi connectivity index (χ1v) is 7.94. The summed E-state index contributed by atoms with van der Waals surface area (Å²) in [5.41, 5.74) is 6.66. The number of hydrogen-bond donors (Lipinski definition) is 1. The standard InChI is InChI=1S/C18H16ClFN2O2/c1-10-8-13(17(21)23)12-4-2-3-5-16(12)22(10)18(24)14-9-11(19)6-7-15(14)20/h2-7,9-10,13H,8H2,1H3,(H2,21,23)/t10-,13+/m0/s1. The fraction of sp³-hybridized carbons (Fsp3) is 0.222. The van der Waals surface area contributed by atoms with Crippen molar-refractivity contribution in [3.63, 3.8) is 0 Å². The number of fused-ring (bicyclic) bond motifs is 1. The van der Waals surface area contributed by atoms with Gasteiger partial charge in [-0.05, 0) is 43.2 Å². The molecule has 0 spiro atoms. The fourth-order valence-corrected chi connectivity index (χ4v) is 3.35. The van der Waals surface area contributed by atoms with Gasteiger partial charge in [0.2, 0.25) is 5.91 Å². The largest absolute Gasteiger partial charge is 0.369 e. The molecule has 24 heavy (non-hydrogen) atoms. The van der Waals surface area contributed by atoms with Gasteiger partial charge in [-0.1, -0.05) is 29.8 Å². The molecule has 3 rings (SSSR count). The molecule has 0 bridgehead atoms. The molecule has 0 saturated heterocycles. The van der Waals surface area contributed by atoms with Gasteiger partial charge in [0.05, 0.1) is 11.5 Å². The number of nitrogens with two attached hydrogens (primary N) is 1. The summed E-state index contributed by atoms with van der Waals surface area (Å²) in [5, 5.41) is 0.285. The van der Waals surface area contributed by atoms with Crippen LogP contribution in [0.2, 0.25) is 5.02 Å². The maximum Gasteiger partial charge on any atom is 0.261 e. The van der Waals surface area contributed by atoms with Crippen molar-refractivity contribution in [3.05, 3.63) is 64.4 Å². The van der Waals surface area contributed by atoms with Crippen LogP contribution in [0.15, 0.2) is 42.5 Å². The van der Waals surface area contributed by atoms with Crippen molar-refractivity contribution in [1.82, 2.24) is 0 Å². The Hall–Kier alpha value is -2.40. The number of para-hydroxylation sites is 1. The minimum Gasteiger partial charge on any atom is -0.369 e. The zero-order chi connectivity index (χ0) is 17.4. The van der Waals surface area contributed by atoms with Gasteiger partial charge in [-0.25, -0.2) is 4.39 Å². The molecule has 6 heteroatoms. The highest BCUT2D eigenvalue weighted by atomic mass is 35.5. The van der Waals surface area contributed by atoms with Gasteiger partial charge in [-0.15, -0.1) is 0 Å². The minimum atomic E-state index is -0.633. The quantitative estimate of drug-likeness (QED) is 0.904. The van der Waals surface area contributed by atoms with Gasteiger partial charge in [0, 0.05) is 16.8 Å². The Morgan fingerprint density at radius 3 is 2.67 bits per heavy atom. The number of carbonyl (C=O) groups excluding carboxylic acids is 2. The first-order valence-electron chi connectivity index (χ1n) is 7.57. The summed E-state index contributed by atoms with van der Waals surface area (Å²) >= 11 is 5.90. The molecule has 0 aromatic heterocycles. The number of nitrogens with zero attached hydrogens (tertiary/aromatic N) is 1. The van der Waals surface area contributed by atoms with E-state index in [1.807, 2.05) is 6.92 Å². The van der Waals surface area contributed by atoms with Crippen LogP contribution in [-0.4, -0.2) is 17.9 Å². The summed E-state index contributed by atoms with van der Waals surface area (Å²) in [6, 6.07) is 10.6. The molecular weight excluding hydrogens is 331 g/mol. The van der Waals surface area contributed by atoms with E-state index in [0.29, 0.717) is 17.7 Å². The van der Waals surface area contributed by atoms with Crippen LogP contribution >= 0.6 is 11.6 Å². The number of amides is 2. The lowest BCUT2D eigenvalue weighted by atomic mass is 9.85. The van der Waals surface area contributed by atoms with Gasteiger partial charge in [0.25, 0.3) is 5.91 Å². The third kappa shape index (κ3) is 2.76. The molecule has 0 aliphatic carbocycles. The molecular formula is C18H16ClFN2O2. The third-order valence-corrected chi connectivity index (χ3v) is 4.55. The molecule has 2 aromatic rings. The molecule has 2 amide bonds. The first-order chi connectivity index (χ1) is 11.4. The molecule has 0 fully saturated rings. The SMILES string of the molecule is C[C@H]1C[C@@H](C(N)=O)c2ccccc2N1C(=O)c1cc(Cl)ccc1F. The summed E-state index contributed by atoms with van der Waals surface area (Å²) in [5.74, 6) is -2.02. The van der Waals surface area contributed by atoms with Crippen molar-refractivity contribution >= 4 is 29.1 Å². The van der Waals surface area contributed by atoms with Crippen molar-refractivity contribution in [1.29, 1.82) is 0 Å². The minimum absolute atomic E-state index is 0.0957. The molecule has 2 aromatic carbocycles. The monoisotopic (exact) mass is 346 g/mol. The number of carbonyl (C=O) groups is 2. The molecule has 1 aliphatic heterocycles. The van der Waals surface area contributed by atoms with E-state index in [2.05, 4.69) is 0 Å². The maximum atomic E-state index is 14.1. The van der Waals surface area contributed by atoms with E-state index < -0.39 is 23.5 Å². The molecule has 1 heterocycles. The highest BCUT2D eigenvalue weighted by molar-refractivity contribution is 6.31. The van der Waals surface area contributed by atoms with Gasteiger partial charge in [0.1, 0.15) is 5.82 Å². The van der Waals surface area contributed by atoms with E-state index in [0.717, 1.165) is 0 Å². The first kappa shape index (κ1) is 16.5. The average Bonchev–Trinajstić information content (AvgIpc) is 2.55. The molecule has 124 valence electrons. The van der Waals surface area contributed by atoms with Gasteiger partial charge < -0.3 is 10.6 Å². The lowest BCUT2D eigenvalue weighted by molar-refractivity contribution is -0.119. The van der Waals surface area contributed by atoms with E-state index >= 15 is 0 Å². The van der Waals surface area contributed by atoms with Crippen LogP contribution in [0.1, 0.15) is 35.2 Å². The van der Waals surface area contributed by atoms with Crippen LogP contribution < -0.4 is 10.6 Å². The summed E-state index contributed by atoms with van der Waals surface area (Å²) in [4.78, 5) is 26.2. The number of anilines is 1. The van der Waals surface area contributed by atoms with Gasteiger partial charge in [-0.2, -0.15) is 0 Å². The number of rotatable bonds is 2. The molecule has 2 N–H and O–H groups in total. The molecule has 0 radical (unpaired) electrons. The normalized spacial score (nSPS) is 19.7. The highest BCUT2D eigenvalue weighted by Gasteiger charge is 2.36. The molecule has 0 saturated carbocycles. The highest BCUT2D eigenvalue weighted by Crippen LogP contribution is 2.39. The number of benzene rings is 2. The van der Waals surface area contributed by atoms with E-state index in [9.17, 15) is 14.0 Å². The molecule has 2 atom stereocenters. The van der Waals surface area contributed by atoms with Crippen LogP contribution in [0.4, 0.5) is 10.1 Å². The van der Waals surface area contributed by atoms with Gasteiger partial charge >= 0.3 is 0 Å². The Bertz CT molecular complexity index is 824. The summed E-state index contributed by atoms with van der Waals surface area (Å²) in [6.07, 6.45) is 0.389. The van der Waals surface area contributed by atoms with E-state index in [-0.39, 0.29) is 16.6 Å². The summed E-state index contributed by atoms with van der Waals surface area (Å²) in [6.45, 7) is 1.81. The fourth-order valence-electron chi connectivity index (χ4n) is 3.18.